The van der Waals surface area contributed by atoms with Crippen LogP contribution in [0.5, 0.6) is 5.88 Å². The molecule has 134 valence electrons. The van der Waals surface area contributed by atoms with Crippen LogP contribution >= 0.6 is 0 Å². The molecule has 0 unspecified atom stereocenters. The molecule has 2 heterocycles. The summed E-state index contributed by atoms with van der Waals surface area (Å²) in [5.41, 5.74) is 9.28. The first-order chi connectivity index (χ1) is 12.5. The Labute approximate surface area is 153 Å². The molecule has 1 fully saturated rings. The Bertz CT molecular complexity index is 873. The van der Waals surface area contributed by atoms with Gasteiger partial charge in [-0.05, 0) is 44.9 Å². The lowest BCUT2D eigenvalue weighted by Crippen LogP contribution is -2.44. The predicted octanol–water partition coefficient (Wildman–Crippen LogP) is 2.84. The molecule has 6 nitrogen and oxygen atoms in total. The van der Waals surface area contributed by atoms with Gasteiger partial charge in [0.15, 0.2) is 0 Å². The number of piperidine rings is 1. The standard InChI is InChI=1S/C20H22N4O2/c1-13-5-6-18(22)17(10-13)20(25)24-9-3-4-16(12-24)26-19-14(2)15(11-21)7-8-23-19/h5-8,10,16H,3-4,9,12,22H2,1-2H3/t16-/m1/s1. The highest BCUT2D eigenvalue weighted by molar-refractivity contribution is 5.99. The van der Waals surface area contributed by atoms with E-state index in [1.165, 1.54) is 0 Å². The molecule has 0 aliphatic carbocycles. The van der Waals surface area contributed by atoms with Gasteiger partial charge in [-0.2, -0.15) is 5.26 Å². The first-order valence-corrected chi connectivity index (χ1v) is 8.67. The number of carbonyl (C=O) groups excluding carboxylic acids is 1. The molecule has 0 spiro atoms. The van der Waals surface area contributed by atoms with Gasteiger partial charge >= 0.3 is 0 Å². The fourth-order valence-electron chi connectivity index (χ4n) is 3.16. The Morgan fingerprint density at radius 1 is 1.38 bits per heavy atom. The Kier molecular flexibility index (Phi) is 5.08. The third-order valence-corrected chi connectivity index (χ3v) is 4.66. The lowest BCUT2D eigenvalue weighted by atomic mass is 10.0. The highest BCUT2D eigenvalue weighted by atomic mass is 16.5. The van der Waals surface area contributed by atoms with Crippen LogP contribution in [0.2, 0.25) is 0 Å². The summed E-state index contributed by atoms with van der Waals surface area (Å²) in [6, 6.07) is 9.28. The summed E-state index contributed by atoms with van der Waals surface area (Å²) >= 11 is 0. The van der Waals surface area contributed by atoms with Crippen molar-refractivity contribution in [2.75, 3.05) is 18.8 Å². The van der Waals surface area contributed by atoms with Crippen LogP contribution in [0.15, 0.2) is 30.5 Å². The molecule has 1 saturated heterocycles. The molecular weight excluding hydrogens is 328 g/mol. The van der Waals surface area contributed by atoms with Gasteiger partial charge in [0.1, 0.15) is 6.10 Å². The van der Waals surface area contributed by atoms with Crippen LogP contribution in [0.1, 0.15) is 39.9 Å². The zero-order valence-electron chi connectivity index (χ0n) is 15.0. The van der Waals surface area contributed by atoms with Crippen molar-refractivity contribution in [1.82, 2.24) is 9.88 Å². The van der Waals surface area contributed by atoms with Gasteiger partial charge in [-0.1, -0.05) is 11.6 Å². The fourth-order valence-corrected chi connectivity index (χ4v) is 3.16. The summed E-state index contributed by atoms with van der Waals surface area (Å²) in [4.78, 5) is 18.9. The maximum Gasteiger partial charge on any atom is 0.256 e. The Morgan fingerprint density at radius 2 is 2.19 bits per heavy atom. The van der Waals surface area contributed by atoms with Crippen molar-refractivity contribution >= 4 is 11.6 Å². The van der Waals surface area contributed by atoms with Crippen LogP contribution in [0.4, 0.5) is 5.69 Å². The number of aryl methyl sites for hydroxylation is 1. The minimum Gasteiger partial charge on any atom is -0.472 e. The molecule has 0 radical (unpaired) electrons. The number of hydrogen-bond donors (Lipinski definition) is 1. The molecule has 1 amide bonds. The van der Waals surface area contributed by atoms with E-state index in [0.29, 0.717) is 35.8 Å². The van der Waals surface area contributed by atoms with E-state index in [9.17, 15) is 4.79 Å². The molecular formula is C20H22N4O2. The van der Waals surface area contributed by atoms with Crippen LogP contribution in [0.25, 0.3) is 0 Å². The summed E-state index contributed by atoms with van der Waals surface area (Å²) in [6.07, 6.45) is 3.10. The van der Waals surface area contributed by atoms with E-state index in [2.05, 4.69) is 11.1 Å². The number of ether oxygens (including phenoxy) is 1. The normalized spacial score (nSPS) is 16.8. The van der Waals surface area contributed by atoms with Gasteiger partial charge in [0.05, 0.1) is 23.7 Å². The van der Waals surface area contributed by atoms with E-state index in [0.717, 1.165) is 24.0 Å². The van der Waals surface area contributed by atoms with Crippen molar-refractivity contribution in [3.63, 3.8) is 0 Å². The number of rotatable bonds is 3. The molecule has 2 aromatic rings. The number of aromatic nitrogens is 1. The van der Waals surface area contributed by atoms with E-state index >= 15 is 0 Å². The third kappa shape index (κ3) is 3.62. The van der Waals surface area contributed by atoms with E-state index in [1.807, 2.05) is 26.0 Å². The van der Waals surface area contributed by atoms with Gasteiger partial charge < -0.3 is 15.4 Å². The number of anilines is 1. The van der Waals surface area contributed by atoms with Gasteiger partial charge in [0.25, 0.3) is 5.91 Å². The maximum absolute atomic E-state index is 12.9. The van der Waals surface area contributed by atoms with Gasteiger partial charge in [0.2, 0.25) is 5.88 Å². The number of carbonyl (C=O) groups is 1. The molecule has 1 aromatic heterocycles. The number of pyridine rings is 1. The number of nitrogens with two attached hydrogens (primary N) is 1. The monoisotopic (exact) mass is 350 g/mol. The number of nitriles is 1. The van der Waals surface area contributed by atoms with E-state index in [4.69, 9.17) is 15.7 Å². The number of hydrogen-bond acceptors (Lipinski definition) is 5. The van der Waals surface area contributed by atoms with E-state index in [1.54, 1.807) is 23.2 Å². The molecule has 1 aliphatic heterocycles. The Balaban J connectivity index is 1.75. The minimum atomic E-state index is -0.154. The second-order valence-corrected chi connectivity index (χ2v) is 6.62. The molecule has 1 aliphatic rings. The van der Waals surface area contributed by atoms with Crippen molar-refractivity contribution in [2.24, 2.45) is 0 Å². The van der Waals surface area contributed by atoms with Crippen molar-refractivity contribution in [3.05, 3.63) is 52.7 Å². The zero-order chi connectivity index (χ0) is 18.7. The molecule has 1 atom stereocenters. The van der Waals surface area contributed by atoms with Gasteiger partial charge in [-0.25, -0.2) is 4.98 Å². The first-order valence-electron chi connectivity index (χ1n) is 8.67. The number of nitrogens with zero attached hydrogens (tertiary/aromatic N) is 3. The largest absolute Gasteiger partial charge is 0.472 e. The lowest BCUT2D eigenvalue weighted by Gasteiger charge is -2.33. The van der Waals surface area contributed by atoms with E-state index < -0.39 is 0 Å². The highest BCUT2D eigenvalue weighted by Crippen LogP contribution is 2.24. The summed E-state index contributed by atoms with van der Waals surface area (Å²) in [7, 11) is 0. The average Bonchev–Trinajstić information content (AvgIpc) is 2.65. The second kappa shape index (κ2) is 7.44. The SMILES string of the molecule is Cc1ccc(N)c(C(=O)N2CCC[C@@H](Oc3nccc(C#N)c3C)C2)c1. The number of likely N-dealkylation sites (tertiary alicyclic amines) is 1. The topological polar surface area (TPSA) is 92.2 Å². The lowest BCUT2D eigenvalue weighted by molar-refractivity contribution is 0.0527. The molecule has 6 heteroatoms. The highest BCUT2D eigenvalue weighted by Gasteiger charge is 2.27. The van der Waals surface area contributed by atoms with Gasteiger partial charge in [-0.15, -0.1) is 0 Å². The average molecular weight is 350 g/mol. The van der Waals surface area contributed by atoms with Crippen LogP contribution in [-0.4, -0.2) is 35.0 Å². The smallest absolute Gasteiger partial charge is 0.256 e. The number of benzene rings is 1. The van der Waals surface area contributed by atoms with Gasteiger partial charge in [-0.3, -0.25) is 4.79 Å². The van der Waals surface area contributed by atoms with Crippen LogP contribution in [-0.2, 0) is 0 Å². The van der Waals surface area contributed by atoms with Crippen LogP contribution in [0.3, 0.4) is 0 Å². The number of amides is 1. The predicted molar refractivity (Wildman–Crippen MR) is 98.8 cm³/mol. The molecule has 26 heavy (non-hydrogen) atoms. The summed E-state index contributed by atoms with van der Waals surface area (Å²) < 4.78 is 6.01. The van der Waals surface area contributed by atoms with Crippen molar-refractivity contribution in [3.8, 4) is 11.9 Å². The van der Waals surface area contributed by atoms with Gasteiger partial charge in [0, 0.05) is 24.0 Å². The summed E-state index contributed by atoms with van der Waals surface area (Å²) in [5, 5.41) is 9.14. The van der Waals surface area contributed by atoms with Crippen molar-refractivity contribution in [1.29, 1.82) is 5.26 Å². The molecule has 2 N–H and O–H groups in total. The maximum atomic E-state index is 12.9. The summed E-state index contributed by atoms with van der Waals surface area (Å²) in [5.74, 6) is 0.383. The third-order valence-electron chi connectivity index (χ3n) is 4.66. The minimum absolute atomic E-state index is 0.0741. The first kappa shape index (κ1) is 17.7. The quantitative estimate of drug-likeness (QED) is 0.859. The molecule has 0 bridgehead atoms. The molecule has 3 rings (SSSR count). The Morgan fingerprint density at radius 3 is 2.96 bits per heavy atom. The van der Waals surface area contributed by atoms with E-state index in [-0.39, 0.29) is 12.0 Å². The zero-order valence-corrected chi connectivity index (χ0v) is 15.0. The van der Waals surface area contributed by atoms with Crippen molar-refractivity contribution < 1.29 is 9.53 Å². The Hall–Kier alpha value is -3.07. The second-order valence-electron chi connectivity index (χ2n) is 6.62. The fraction of sp³-hybridized carbons (Fsp3) is 0.350. The van der Waals surface area contributed by atoms with Crippen LogP contribution in [0, 0.1) is 25.2 Å². The van der Waals surface area contributed by atoms with Crippen LogP contribution < -0.4 is 10.5 Å². The number of nitrogen functional groups attached to an aromatic ring is 1. The molecule has 0 saturated carbocycles. The van der Waals surface area contributed by atoms with Crippen molar-refractivity contribution in [2.45, 2.75) is 32.8 Å². The molecule has 1 aromatic carbocycles. The summed E-state index contributed by atoms with van der Waals surface area (Å²) in [6.45, 7) is 4.91.